The molecule has 3 nitrogen and oxygen atoms in total. The number of benzene rings is 3. The van der Waals surface area contributed by atoms with Gasteiger partial charge >= 0.3 is 0 Å². The van der Waals surface area contributed by atoms with Crippen molar-refractivity contribution in [3.05, 3.63) is 88.4 Å². The fourth-order valence-corrected chi connectivity index (χ4v) is 3.34. The zero-order valence-electron chi connectivity index (χ0n) is 14.3. The van der Waals surface area contributed by atoms with E-state index in [-0.39, 0.29) is 5.91 Å². The molecule has 130 valence electrons. The fraction of sp³-hybridized carbons (Fsp3) is 0.136. The highest BCUT2D eigenvalue weighted by atomic mass is 35.5. The summed E-state index contributed by atoms with van der Waals surface area (Å²) in [5, 5.41) is 7.06. The van der Waals surface area contributed by atoms with Gasteiger partial charge in [-0.15, -0.1) is 0 Å². The third kappa shape index (κ3) is 3.64. The van der Waals surface area contributed by atoms with Crippen molar-refractivity contribution in [2.24, 2.45) is 0 Å². The number of anilines is 1. The molecule has 1 amide bonds. The standard InChI is InChI=1S/C22H19ClN2O/c23-20-8-5-16(6-9-20)15-1-3-18(4-2-15)22(26)25-21-10-7-17-11-12-24-14-19(17)13-21/h1-10,13,24H,11-12,14H2,(H,25,26). The Hall–Kier alpha value is -2.62. The molecule has 0 atom stereocenters. The lowest BCUT2D eigenvalue weighted by molar-refractivity contribution is 0.102. The summed E-state index contributed by atoms with van der Waals surface area (Å²) in [4.78, 5) is 12.5. The summed E-state index contributed by atoms with van der Waals surface area (Å²) < 4.78 is 0. The molecule has 0 saturated heterocycles. The minimum atomic E-state index is -0.101. The van der Waals surface area contributed by atoms with Crippen molar-refractivity contribution < 1.29 is 4.79 Å². The Bertz CT molecular complexity index is 933. The fourth-order valence-electron chi connectivity index (χ4n) is 3.22. The van der Waals surface area contributed by atoms with E-state index in [4.69, 9.17) is 11.6 Å². The predicted molar refractivity (Wildman–Crippen MR) is 107 cm³/mol. The number of fused-ring (bicyclic) bond motifs is 1. The SMILES string of the molecule is O=C(Nc1ccc2c(c1)CNCC2)c1ccc(-c2ccc(Cl)cc2)cc1. The molecule has 0 radical (unpaired) electrons. The molecule has 4 rings (SSSR count). The van der Waals surface area contributed by atoms with E-state index in [2.05, 4.69) is 22.8 Å². The summed E-state index contributed by atoms with van der Waals surface area (Å²) in [6.45, 7) is 1.87. The Morgan fingerprint density at radius 2 is 1.58 bits per heavy atom. The molecule has 3 aromatic carbocycles. The quantitative estimate of drug-likeness (QED) is 0.695. The van der Waals surface area contributed by atoms with E-state index in [9.17, 15) is 4.79 Å². The average Bonchev–Trinajstić information content (AvgIpc) is 2.68. The molecule has 0 fully saturated rings. The number of hydrogen-bond donors (Lipinski definition) is 2. The van der Waals surface area contributed by atoms with Crippen molar-refractivity contribution in [3.8, 4) is 11.1 Å². The second-order valence-electron chi connectivity index (χ2n) is 6.45. The Morgan fingerprint density at radius 3 is 2.31 bits per heavy atom. The van der Waals surface area contributed by atoms with Crippen LogP contribution >= 0.6 is 11.6 Å². The Labute approximate surface area is 158 Å². The molecule has 0 aliphatic carbocycles. The summed E-state index contributed by atoms with van der Waals surface area (Å²) in [6.07, 6.45) is 1.04. The Morgan fingerprint density at radius 1 is 0.885 bits per heavy atom. The lowest BCUT2D eigenvalue weighted by Gasteiger charge is -2.18. The van der Waals surface area contributed by atoms with Gasteiger partial charge in [-0.05, 0) is 71.6 Å². The van der Waals surface area contributed by atoms with Crippen LogP contribution in [0.5, 0.6) is 0 Å². The molecule has 26 heavy (non-hydrogen) atoms. The summed E-state index contributed by atoms with van der Waals surface area (Å²) in [6, 6.07) is 21.4. The Balaban J connectivity index is 1.49. The monoisotopic (exact) mass is 362 g/mol. The van der Waals surface area contributed by atoms with Gasteiger partial charge in [-0.25, -0.2) is 0 Å². The molecule has 3 aromatic rings. The van der Waals surface area contributed by atoms with Crippen molar-refractivity contribution in [2.75, 3.05) is 11.9 Å². The maximum atomic E-state index is 12.5. The third-order valence-electron chi connectivity index (χ3n) is 4.68. The van der Waals surface area contributed by atoms with Crippen LogP contribution in [0.25, 0.3) is 11.1 Å². The maximum absolute atomic E-state index is 12.5. The summed E-state index contributed by atoms with van der Waals surface area (Å²) in [5.41, 5.74) is 6.21. The smallest absolute Gasteiger partial charge is 0.255 e. The van der Waals surface area contributed by atoms with Gasteiger partial charge in [0.25, 0.3) is 5.91 Å². The highest BCUT2D eigenvalue weighted by Crippen LogP contribution is 2.23. The van der Waals surface area contributed by atoms with Crippen molar-refractivity contribution in [1.29, 1.82) is 0 Å². The molecule has 0 spiro atoms. The van der Waals surface area contributed by atoms with Crippen LogP contribution in [0.4, 0.5) is 5.69 Å². The van der Waals surface area contributed by atoms with E-state index in [1.165, 1.54) is 11.1 Å². The van der Waals surface area contributed by atoms with E-state index in [0.717, 1.165) is 36.3 Å². The highest BCUT2D eigenvalue weighted by molar-refractivity contribution is 6.30. The van der Waals surface area contributed by atoms with Crippen LogP contribution in [0.15, 0.2) is 66.7 Å². The van der Waals surface area contributed by atoms with E-state index >= 15 is 0 Å². The highest BCUT2D eigenvalue weighted by Gasteiger charge is 2.11. The largest absolute Gasteiger partial charge is 0.322 e. The van der Waals surface area contributed by atoms with E-state index in [1.807, 2.05) is 54.6 Å². The normalized spacial score (nSPS) is 13.1. The van der Waals surface area contributed by atoms with Gasteiger partial charge in [0.05, 0.1) is 0 Å². The van der Waals surface area contributed by atoms with Crippen LogP contribution in [0.3, 0.4) is 0 Å². The van der Waals surface area contributed by atoms with E-state index in [0.29, 0.717) is 10.6 Å². The third-order valence-corrected chi connectivity index (χ3v) is 4.93. The number of amides is 1. The summed E-state index contributed by atoms with van der Waals surface area (Å²) in [5.74, 6) is -0.101. The summed E-state index contributed by atoms with van der Waals surface area (Å²) in [7, 11) is 0. The number of carbonyl (C=O) groups is 1. The number of hydrogen-bond acceptors (Lipinski definition) is 2. The minimum Gasteiger partial charge on any atom is -0.322 e. The van der Waals surface area contributed by atoms with Crippen LogP contribution in [0.1, 0.15) is 21.5 Å². The lowest BCUT2D eigenvalue weighted by atomic mass is 10.0. The first-order valence-electron chi connectivity index (χ1n) is 8.69. The molecular formula is C22H19ClN2O. The van der Waals surface area contributed by atoms with Crippen LogP contribution in [0, 0.1) is 0 Å². The topological polar surface area (TPSA) is 41.1 Å². The molecule has 1 aliphatic heterocycles. The molecule has 0 bridgehead atoms. The molecular weight excluding hydrogens is 344 g/mol. The zero-order chi connectivity index (χ0) is 17.9. The van der Waals surface area contributed by atoms with Gasteiger partial charge in [0.15, 0.2) is 0 Å². The molecule has 1 aliphatic rings. The van der Waals surface area contributed by atoms with Crippen LogP contribution in [0.2, 0.25) is 5.02 Å². The lowest BCUT2D eigenvalue weighted by Crippen LogP contribution is -2.23. The average molecular weight is 363 g/mol. The number of halogens is 1. The summed E-state index contributed by atoms with van der Waals surface area (Å²) >= 11 is 5.93. The van der Waals surface area contributed by atoms with Crippen molar-refractivity contribution >= 4 is 23.2 Å². The number of nitrogens with one attached hydrogen (secondary N) is 2. The number of carbonyl (C=O) groups excluding carboxylic acids is 1. The molecule has 1 heterocycles. The predicted octanol–water partition coefficient (Wildman–Crippen LogP) is 4.91. The van der Waals surface area contributed by atoms with Crippen LogP contribution in [-0.2, 0) is 13.0 Å². The van der Waals surface area contributed by atoms with Gasteiger partial charge in [-0.1, -0.05) is 41.9 Å². The van der Waals surface area contributed by atoms with Crippen LogP contribution in [-0.4, -0.2) is 12.5 Å². The minimum absolute atomic E-state index is 0.101. The first-order chi connectivity index (χ1) is 12.7. The van der Waals surface area contributed by atoms with Gasteiger partial charge in [-0.2, -0.15) is 0 Å². The Kier molecular flexibility index (Phi) is 4.74. The van der Waals surface area contributed by atoms with Crippen LogP contribution < -0.4 is 10.6 Å². The number of rotatable bonds is 3. The molecule has 2 N–H and O–H groups in total. The van der Waals surface area contributed by atoms with Gasteiger partial charge in [0.2, 0.25) is 0 Å². The van der Waals surface area contributed by atoms with E-state index in [1.54, 1.807) is 0 Å². The second kappa shape index (κ2) is 7.32. The zero-order valence-corrected chi connectivity index (χ0v) is 15.0. The molecule has 0 saturated carbocycles. The first kappa shape index (κ1) is 16.8. The second-order valence-corrected chi connectivity index (χ2v) is 6.89. The molecule has 4 heteroatoms. The van der Waals surface area contributed by atoms with Crippen molar-refractivity contribution in [2.45, 2.75) is 13.0 Å². The molecule has 0 unspecified atom stereocenters. The molecule has 0 aromatic heterocycles. The van der Waals surface area contributed by atoms with Gasteiger partial charge < -0.3 is 10.6 Å². The maximum Gasteiger partial charge on any atom is 0.255 e. The van der Waals surface area contributed by atoms with Crippen molar-refractivity contribution in [1.82, 2.24) is 5.32 Å². The van der Waals surface area contributed by atoms with Crippen molar-refractivity contribution in [3.63, 3.8) is 0 Å². The van der Waals surface area contributed by atoms with E-state index < -0.39 is 0 Å². The van der Waals surface area contributed by atoms with Gasteiger partial charge in [0.1, 0.15) is 0 Å². The first-order valence-corrected chi connectivity index (χ1v) is 9.07. The van der Waals surface area contributed by atoms with Gasteiger partial charge in [-0.3, -0.25) is 4.79 Å². The van der Waals surface area contributed by atoms with Gasteiger partial charge in [0, 0.05) is 22.8 Å².